The van der Waals surface area contributed by atoms with E-state index in [9.17, 15) is 0 Å². The molecule has 62 valence electrons. The lowest BCUT2D eigenvalue weighted by molar-refractivity contribution is 0.328. The van der Waals surface area contributed by atoms with Crippen LogP contribution in [0.25, 0.3) is 0 Å². The van der Waals surface area contributed by atoms with E-state index in [0.29, 0.717) is 6.04 Å². The Morgan fingerprint density at radius 3 is 2.91 bits per heavy atom. The van der Waals surface area contributed by atoms with Crippen LogP contribution in [-0.2, 0) is 0 Å². The van der Waals surface area contributed by atoms with Gasteiger partial charge < -0.3 is 4.74 Å². The predicted molar refractivity (Wildman–Crippen MR) is 42.3 cm³/mol. The summed E-state index contributed by atoms with van der Waals surface area (Å²) >= 11 is 0. The molecule has 1 rings (SSSR count). The van der Waals surface area contributed by atoms with Gasteiger partial charge in [-0.05, 0) is 13.8 Å². The van der Waals surface area contributed by atoms with Gasteiger partial charge in [0, 0.05) is 6.04 Å². The van der Waals surface area contributed by atoms with Crippen molar-refractivity contribution in [2.24, 2.45) is 5.73 Å². The molecule has 0 saturated heterocycles. The van der Waals surface area contributed by atoms with Gasteiger partial charge in [0.1, 0.15) is 6.73 Å². The molecule has 0 aliphatic carbocycles. The molecule has 0 aromatic carbocycles. The van der Waals surface area contributed by atoms with E-state index < -0.39 is 0 Å². The lowest BCUT2D eigenvalue weighted by atomic mass is 10.4. The average Bonchev–Trinajstić information content (AvgIpc) is 2.37. The van der Waals surface area contributed by atoms with Gasteiger partial charge >= 0.3 is 0 Å². The zero-order valence-corrected chi connectivity index (χ0v) is 6.82. The summed E-state index contributed by atoms with van der Waals surface area (Å²) < 4.78 is 6.86. The molecule has 0 atom stereocenters. The van der Waals surface area contributed by atoms with Gasteiger partial charge in [-0.3, -0.25) is 10.4 Å². The Bertz CT molecular complexity index is 219. The predicted octanol–water partition coefficient (Wildman–Crippen LogP) is 0.759. The van der Waals surface area contributed by atoms with Crippen molar-refractivity contribution in [3.05, 3.63) is 12.4 Å². The fourth-order valence-electron chi connectivity index (χ4n) is 0.774. The molecule has 0 radical (unpaired) electrons. The lowest BCUT2D eigenvalue weighted by Gasteiger charge is -2.02. The first-order valence-corrected chi connectivity index (χ1v) is 3.61. The van der Waals surface area contributed by atoms with Crippen molar-refractivity contribution in [3.8, 4) is 5.75 Å². The second kappa shape index (κ2) is 3.39. The fraction of sp³-hybridized carbons (Fsp3) is 0.571. The van der Waals surface area contributed by atoms with E-state index in [0.717, 1.165) is 5.75 Å². The Balaban J connectivity index is 2.66. The molecule has 1 aromatic heterocycles. The molecular formula is C7H13N3O. The van der Waals surface area contributed by atoms with E-state index in [1.165, 1.54) is 0 Å². The van der Waals surface area contributed by atoms with Crippen LogP contribution in [0.3, 0.4) is 0 Å². The van der Waals surface area contributed by atoms with Crippen LogP contribution in [0.4, 0.5) is 0 Å². The van der Waals surface area contributed by atoms with Crippen LogP contribution < -0.4 is 10.5 Å². The summed E-state index contributed by atoms with van der Waals surface area (Å²) in [7, 11) is 0. The maximum Gasteiger partial charge on any atom is 0.159 e. The molecule has 4 nitrogen and oxygen atoms in total. The highest BCUT2D eigenvalue weighted by Crippen LogP contribution is 2.11. The second-order valence-corrected chi connectivity index (χ2v) is 2.56. The van der Waals surface area contributed by atoms with Crippen molar-refractivity contribution in [2.45, 2.75) is 19.9 Å². The summed E-state index contributed by atoms with van der Waals surface area (Å²) in [5.41, 5.74) is 5.19. The first-order valence-electron chi connectivity index (χ1n) is 3.61. The Morgan fingerprint density at radius 1 is 1.73 bits per heavy atom. The minimum atomic E-state index is 0.198. The molecule has 0 aliphatic rings. The van der Waals surface area contributed by atoms with E-state index in [4.69, 9.17) is 10.5 Å². The summed E-state index contributed by atoms with van der Waals surface area (Å²) in [4.78, 5) is 0. The maximum atomic E-state index is 5.19. The number of ether oxygens (including phenoxy) is 1. The third kappa shape index (κ3) is 1.94. The second-order valence-electron chi connectivity index (χ2n) is 2.56. The Kier molecular flexibility index (Phi) is 2.48. The van der Waals surface area contributed by atoms with E-state index in [-0.39, 0.29) is 6.73 Å². The Labute approximate surface area is 66.0 Å². The van der Waals surface area contributed by atoms with Crippen molar-refractivity contribution in [2.75, 3.05) is 6.73 Å². The molecule has 2 N–H and O–H groups in total. The molecule has 0 spiro atoms. The van der Waals surface area contributed by atoms with E-state index in [1.54, 1.807) is 6.20 Å². The minimum absolute atomic E-state index is 0.198. The highest BCUT2D eigenvalue weighted by molar-refractivity contribution is 5.11. The number of nitrogens with two attached hydrogens (primary N) is 1. The van der Waals surface area contributed by atoms with Crippen molar-refractivity contribution >= 4 is 0 Å². The molecule has 1 aromatic rings. The molecule has 0 fully saturated rings. The zero-order valence-electron chi connectivity index (χ0n) is 6.82. The van der Waals surface area contributed by atoms with Gasteiger partial charge in [0.25, 0.3) is 0 Å². The summed E-state index contributed by atoms with van der Waals surface area (Å²) in [5, 5.41) is 4.07. The highest BCUT2D eigenvalue weighted by atomic mass is 16.5. The SMILES string of the molecule is CC(C)n1cc(OCN)cn1. The number of hydrogen-bond donors (Lipinski definition) is 1. The van der Waals surface area contributed by atoms with Gasteiger partial charge in [-0.2, -0.15) is 5.10 Å². The first-order chi connectivity index (χ1) is 5.24. The molecule has 0 unspecified atom stereocenters. The summed E-state index contributed by atoms with van der Waals surface area (Å²) in [6.07, 6.45) is 3.49. The average molecular weight is 155 g/mol. The van der Waals surface area contributed by atoms with Gasteiger partial charge in [0.15, 0.2) is 5.75 Å². The maximum absolute atomic E-state index is 5.19. The van der Waals surface area contributed by atoms with Crippen LogP contribution in [0.1, 0.15) is 19.9 Å². The summed E-state index contributed by atoms with van der Waals surface area (Å²) in [6, 6.07) is 0.366. The van der Waals surface area contributed by atoms with Crippen LogP contribution in [0.5, 0.6) is 5.75 Å². The molecule has 0 bridgehead atoms. The lowest BCUT2D eigenvalue weighted by Crippen LogP contribution is -2.06. The monoisotopic (exact) mass is 155 g/mol. The summed E-state index contributed by atoms with van der Waals surface area (Å²) in [5.74, 6) is 0.723. The topological polar surface area (TPSA) is 53.1 Å². The van der Waals surface area contributed by atoms with E-state index in [1.807, 2.05) is 10.9 Å². The van der Waals surface area contributed by atoms with Crippen LogP contribution >= 0.6 is 0 Å². The van der Waals surface area contributed by atoms with E-state index >= 15 is 0 Å². The molecule has 11 heavy (non-hydrogen) atoms. The minimum Gasteiger partial charge on any atom is -0.475 e. The molecule has 0 saturated carbocycles. The van der Waals surface area contributed by atoms with Crippen molar-refractivity contribution in [1.29, 1.82) is 0 Å². The van der Waals surface area contributed by atoms with Crippen molar-refractivity contribution in [3.63, 3.8) is 0 Å². The standard InChI is InChI=1S/C7H13N3O/c1-6(2)10-4-7(3-9-10)11-5-8/h3-4,6H,5,8H2,1-2H3. The third-order valence-electron chi connectivity index (χ3n) is 1.36. The Hall–Kier alpha value is -1.03. The normalized spacial score (nSPS) is 10.5. The summed E-state index contributed by atoms with van der Waals surface area (Å²) in [6.45, 7) is 4.31. The fourth-order valence-corrected chi connectivity index (χ4v) is 0.774. The molecule has 0 aliphatic heterocycles. The van der Waals surface area contributed by atoms with Crippen LogP contribution in [0, 0.1) is 0 Å². The van der Waals surface area contributed by atoms with Gasteiger partial charge in [-0.25, -0.2) is 0 Å². The number of aromatic nitrogens is 2. The Morgan fingerprint density at radius 2 is 2.45 bits per heavy atom. The van der Waals surface area contributed by atoms with Crippen LogP contribution in [0.2, 0.25) is 0 Å². The van der Waals surface area contributed by atoms with Crippen molar-refractivity contribution in [1.82, 2.24) is 9.78 Å². The smallest absolute Gasteiger partial charge is 0.159 e. The molecule has 0 amide bonds. The zero-order chi connectivity index (χ0) is 8.27. The molecule has 1 heterocycles. The van der Waals surface area contributed by atoms with Crippen molar-refractivity contribution < 1.29 is 4.74 Å². The molecular weight excluding hydrogens is 142 g/mol. The van der Waals surface area contributed by atoms with E-state index in [2.05, 4.69) is 18.9 Å². The van der Waals surface area contributed by atoms with Gasteiger partial charge in [-0.15, -0.1) is 0 Å². The largest absolute Gasteiger partial charge is 0.475 e. The quantitative estimate of drug-likeness (QED) is 0.655. The highest BCUT2D eigenvalue weighted by Gasteiger charge is 2.00. The van der Waals surface area contributed by atoms with Gasteiger partial charge in [-0.1, -0.05) is 0 Å². The first kappa shape index (κ1) is 8.07. The third-order valence-corrected chi connectivity index (χ3v) is 1.36. The molecule has 4 heteroatoms. The number of rotatable bonds is 3. The van der Waals surface area contributed by atoms with Gasteiger partial charge in [0.2, 0.25) is 0 Å². The number of hydrogen-bond acceptors (Lipinski definition) is 3. The van der Waals surface area contributed by atoms with Crippen LogP contribution in [-0.4, -0.2) is 16.5 Å². The number of nitrogens with zero attached hydrogens (tertiary/aromatic N) is 2. The van der Waals surface area contributed by atoms with Crippen LogP contribution in [0.15, 0.2) is 12.4 Å². The van der Waals surface area contributed by atoms with Gasteiger partial charge in [0.05, 0.1) is 12.4 Å².